The average Bonchev–Trinajstić information content (AvgIpc) is 2.65. The number of hydrogen-bond donors (Lipinski definition) is 1. The van der Waals surface area contributed by atoms with Crippen molar-refractivity contribution < 1.29 is 4.79 Å². The number of nitrogens with one attached hydrogen (secondary N) is 1. The summed E-state index contributed by atoms with van der Waals surface area (Å²) in [4.78, 5) is 13.1. The van der Waals surface area contributed by atoms with E-state index in [9.17, 15) is 4.79 Å². The third kappa shape index (κ3) is 1.91. The number of Topliss-reactive ketones (excluding diaryl/α,β-unsaturated/α-hetero) is 1. The summed E-state index contributed by atoms with van der Waals surface area (Å²) in [6.07, 6.45) is 1.90. The largest absolute Gasteiger partial charge is 0.330 e. The molecule has 1 fully saturated rings. The molecule has 2 rings (SSSR count). The summed E-state index contributed by atoms with van der Waals surface area (Å²) in [7, 11) is 0. The van der Waals surface area contributed by atoms with Gasteiger partial charge in [-0.2, -0.15) is 0 Å². The van der Waals surface area contributed by atoms with Crippen LogP contribution in [0, 0.1) is 5.41 Å². The van der Waals surface area contributed by atoms with Crippen molar-refractivity contribution in [2.45, 2.75) is 19.8 Å². The van der Waals surface area contributed by atoms with Crippen LogP contribution in [-0.2, 0) is 0 Å². The van der Waals surface area contributed by atoms with Crippen LogP contribution in [0.25, 0.3) is 0 Å². The maximum absolute atomic E-state index is 11.1. The summed E-state index contributed by atoms with van der Waals surface area (Å²) >= 11 is 0. The molecule has 1 heterocycles. The molecule has 0 atom stereocenters. The molecule has 3 nitrogen and oxygen atoms in total. The van der Waals surface area contributed by atoms with Gasteiger partial charge in [0.2, 0.25) is 0 Å². The minimum atomic E-state index is 0.0815. The van der Waals surface area contributed by atoms with Gasteiger partial charge in [-0.15, -0.1) is 0 Å². The van der Waals surface area contributed by atoms with Gasteiger partial charge in [-0.1, -0.05) is 0 Å². The van der Waals surface area contributed by atoms with Crippen molar-refractivity contribution >= 4 is 17.3 Å². The van der Waals surface area contributed by atoms with E-state index in [4.69, 9.17) is 5.41 Å². The quantitative estimate of drug-likeness (QED) is 0.749. The molecule has 15 heavy (non-hydrogen) atoms. The molecule has 0 amide bonds. The Balaban J connectivity index is 2.23. The number of carbonyl (C=O) groups is 1. The molecule has 3 heteroatoms. The van der Waals surface area contributed by atoms with Crippen LogP contribution >= 0.6 is 0 Å². The summed E-state index contributed by atoms with van der Waals surface area (Å²) in [5.74, 6) is 0.753. The van der Waals surface area contributed by atoms with Gasteiger partial charge in [0.1, 0.15) is 5.84 Å². The zero-order valence-electron chi connectivity index (χ0n) is 8.79. The first-order valence-corrected chi connectivity index (χ1v) is 5.14. The zero-order valence-corrected chi connectivity index (χ0v) is 8.79. The topological polar surface area (TPSA) is 44.2 Å². The minimum Gasteiger partial charge on any atom is -0.330 e. The van der Waals surface area contributed by atoms with Gasteiger partial charge in [0.25, 0.3) is 0 Å². The number of hydrogen-bond acceptors (Lipinski definition) is 2. The second-order valence-electron chi connectivity index (χ2n) is 3.80. The fourth-order valence-electron chi connectivity index (χ4n) is 1.84. The van der Waals surface area contributed by atoms with Crippen molar-refractivity contribution in [2.75, 3.05) is 11.4 Å². The highest BCUT2D eigenvalue weighted by molar-refractivity contribution is 5.98. The van der Waals surface area contributed by atoms with E-state index in [2.05, 4.69) is 0 Å². The highest BCUT2D eigenvalue weighted by Crippen LogP contribution is 2.21. The zero-order chi connectivity index (χ0) is 10.8. The van der Waals surface area contributed by atoms with Crippen LogP contribution in [0.1, 0.15) is 30.1 Å². The lowest BCUT2D eigenvalue weighted by Gasteiger charge is -2.17. The molecule has 0 bridgehead atoms. The van der Waals surface area contributed by atoms with Gasteiger partial charge in [0.05, 0.1) is 0 Å². The van der Waals surface area contributed by atoms with Crippen LogP contribution in [0.4, 0.5) is 5.69 Å². The van der Waals surface area contributed by atoms with Gasteiger partial charge in [0, 0.05) is 24.2 Å². The smallest absolute Gasteiger partial charge is 0.159 e. The second-order valence-corrected chi connectivity index (χ2v) is 3.80. The highest BCUT2D eigenvalue weighted by Gasteiger charge is 2.18. The van der Waals surface area contributed by atoms with Gasteiger partial charge >= 0.3 is 0 Å². The first-order valence-electron chi connectivity index (χ1n) is 5.14. The lowest BCUT2D eigenvalue weighted by Crippen LogP contribution is -2.22. The second kappa shape index (κ2) is 3.85. The maximum atomic E-state index is 11.1. The molecule has 0 radical (unpaired) electrons. The van der Waals surface area contributed by atoms with E-state index in [1.165, 1.54) is 0 Å². The molecule has 1 aliphatic rings. The van der Waals surface area contributed by atoms with Crippen LogP contribution in [0.5, 0.6) is 0 Å². The lowest BCUT2D eigenvalue weighted by atomic mass is 10.1. The van der Waals surface area contributed by atoms with Gasteiger partial charge < -0.3 is 4.90 Å². The SMILES string of the molecule is CC(=O)c1ccc(N2CCCC2=N)cc1. The molecule has 1 saturated heterocycles. The van der Waals surface area contributed by atoms with E-state index in [0.717, 1.165) is 30.6 Å². The number of ketones is 1. The monoisotopic (exact) mass is 202 g/mol. The van der Waals surface area contributed by atoms with E-state index in [1.807, 2.05) is 29.2 Å². The maximum Gasteiger partial charge on any atom is 0.159 e. The standard InChI is InChI=1S/C12H14N2O/c1-9(15)10-4-6-11(7-5-10)14-8-2-3-12(14)13/h4-7,13H,2-3,8H2,1H3. The molecule has 1 aromatic rings. The lowest BCUT2D eigenvalue weighted by molar-refractivity contribution is 0.101. The van der Waals surface area contributed by atoms with E-state index in [-0.39, 0.29) is 5.78 Å². The molecular formula is C12H14N2O. The van der Waals surface area contributed by atoms with E-state index in [1.54, 1.807) is 6.92 Å². The fourth-order valence-corrected chi connectivity index (χ4v) is 1.84. The van der Waals surface area contributed by atoms with Gasteiger partial charge in [-0.05, 0) is 37.6 Å². The van der Waals surface area contributed by atoms with Crippen LogP contribution in [0.3, 0.4) is 0 Å². The highest BCUT2D eigenvalue weighted by atomic mass is 16.1. The van der Waals surface area contributed by atoms with Crippen LogP contribution < -0.4 is 4.90 Å². The first kappa shape index (κ1) is 9.90. The Hall–Kier alpha value is -1.64. The number of rotatable bonds is 2. The predicted octanol–water partition coefficient (Wildman–Crippen LogP) is 2.47. The molecule has 1 N–H and O–H groups in total. The van der Waals surface area contributed by atoms with Gasteiger partial charge in [-0.25, -0.2) is 0 Å². The van der Waals surface area contributed by atoms with E-state index < -0.39 is 0 Å². The molecule has 0 spiro atoms. The molecule has 0 unspecified atom stereocenters. The summed E-state index contributed by atoms with van der Waals surface area (Å²) in [5.41, 5.74) is 1.74. The number of benzene rings is 1. The van der Waals surface area contributed by atoms with Gasteiger partial charge in [-0.3, -0.25) is 10.2 Å². The van der Waals surface area contributed by atoms with Crippen molar-refractivity contribution in [3.63, 3.8) is 0 Å². The van der Waals surface area contributed by atoms with Crippen molar-refractivity contribution in [1.29, 1.82) is 5.41 Å². The molecule has 0 saturated carbocycles. The van der Waals surface area contributed by atoms with E-state index in [0.29, 0.717) is 5.84 Å². The molecule has 0 aromatic heterocycles. The van der Waals surface area contributed by atoms with Crippen LogP contribution in [-0.4, -0.2) is 18.2 Å². The summed E-state index contributed by atoms with van der Waals surface area (Å²) in [5, 5.41) is 7.74. The molecule has 78 valence electrons. The summed E-state index contributed by atoms with van der Waals surface area (Å²) < 4.78 is 0. The number of amidine groups is 1. The Morgan fingerprint density at radius 1 is 1.33 bits per heavy atom. The summed E-state index contributed by atoms with van der Waals surface area (Å²) in [6.45, 7) is 2.48. The molecule has 1 aromatic carbocycles. The van der Waals surface area contributed by atoms with Crippen LogP contribution in [0.15, 0.2) is 24.3 Å². The Morgan fingerprint density at radius 3 is 2.47 bits per heavy atom. The molecule has 1 aliphatic heterocycles. The van der Waals surface area contributed by atoms with Crippen molar-refractivity contribution in [1.82, 2.24) is 0 Å². The third-order valence-corrected chi connectivity index (χ3v) is 2.71. The predicted molar refractivity (Wildman–Crippen MR) is 60.8 cm³/mol. The average molecular weight is 202 g/mol. The minimum absolute atomic E-state index is 0.0815. The van der Waals surface area contributed by atoms with Gasteiger partial charge in [0.15, 0.2) is 5.78 Å². The summed E-state index contributed by atoms with van der Waals surface area (Å²) in [6, 6.07) is 7.47. The first-order chi connectivity index (χ1) is 7.18. The third-order valence-electron chi connectivity index (χ3n) is 2.71. The van der Waals surface area contributed by atoms with Crippen LogP contribution in [0.2, 0.25) is 0 Å². The number of carbonyl (C=O) groups excluding carboxylic acids is 1. The molecular weight excluding hydrogens is 188 g/mol. The van der Waals surface area contributed by atoms with E-state index >= 15 is 0 Å². The fraction of sp³-hybridized carbons (Fsp3) is 0.333. The Bertz CT molecular complexity index is 395. The van der Waals surface area contributed by atoms with Crippen molar-refractivity contribution in [2.24, 2.45) is 0 Å². The number of anilines is 1. The Morgan fingerprint density at radius 2 is 2.00 bits per heavy atom. The molecule has 0 aliphatic carbocycles. The Kier molecular flexibility index (Phi) is 2.54. The van der Waals surface area contributed by atoms with Crippen molar-refractivity contribution in [3.8, 4) is 0 Å². The van der Waals surface area contributed by atoms with Crippen molar-refractivity contribution in [3.05, 3.63) is 29.8 Å². The Labute approximate surface area is 89.2 Å². The normalized spacial score (nSPS) is 15.8. The number of nitrogens with zero attached hydrogens (tertiary/aromatic N) is 1.